The van der Waals surface area contributed by atoms with E-state index in [9.17, 15) is 14.3 Å². The summed E-state index contributed by atoms with van der Waals surface area (Å²) < 4.78 is 25.0. The number of carbonyl (C=O) groups is 1. The molecular formula is C26H27FO5S. The Bertz CT molecular complexity index is 1070. The standard InChI is InChI=1S/C26H27FO5S/c1-2-33-25-16-21(18-8-11-20(27)12-9-18)22(28)17-24(25)32-15-5-14-31-23-7-4-3-6-19(23)10-13-26(29)30/h3-4,6-9,11-12,16-17,28H,2,5,10,13-15H2,1H3,(H,29,30). The minimum absolute atomic E-state index is 0.0543. The number of aliphatic carboxylic acids is 1. The predicted molar refractivity (Wildman–Crippen MR) is 128 cm³/mol. The van der Waals surface area contributed by atoms with Crippen molar-refractivity contribution in [1.29, 1.82) is 0 Å². The van der Waals surface area contributed by atoms with Crippen LogP contribution in [0.15, 0.2) is 65.6 Å². The zero-order valence-electron chi connectivity index (χ0n) is 18.4. The van der Waals surface area contributed by atoms with Crippen LogP contribution in [-0.2, 0) is 11.2 Å². The minimum Gasteiger partial charge on any atom is -0.507 e. The summed E-state index contributed by atoms with van der Waals surface area (Å²) in [4.78, 5) is 11.7. The Balaban J connectivity index is 1.60. The van der Waals surface area contributed by atoms with Gasteiger partial charge in [0.2, 0.25) is 0 Å². The van der Waals surface area contributed by atoms with Gasteiger partial charge >= 0.3 is 5.97 Å². The van der Waals surface area contributed by atoms with E-state index in [4.69, 9.17) is 14.6 Å². The number of benzene rings is 3. The molecule has 0 radical (unpaired) electrons. The fourth-order valence-electron chi connectivity index (χ4n) is 3.31. The molecule has 0 bridgehead atoms. The average molecular weight is 471 g/mol. The van der Waals surface area contributed by atoms with Crippen molar-refractivity contribution < 1.29 is 28.9 Å². The molecule has 5 nitrogen and oxygen atoms in total. The van der Waals surface area contributed by atoms with E-state index in [0.29, 0.717) is 43.1 Å². The second kappa shape index (κ2) is 12.2. The van der Waals surface area contributed by atoms with Crippen LogP contribution in [0.2, 0.25) is 0 Å². The van der Waals surface area contributed by atoms with E-state index >= 15 is 0 Å². The molecule has 0 unspecified atom stereocenters. The van der Waals surface area contributed by atoms with Gasteiger partial charge in [-0.1, -0.05) is 37.3 Å². The van der Waals surface area contributed by atoms with Gasteiger partial charge in [0.15, 0.2) is 0 Å². The third-order valence-corrected chi connectivity index (χ3v) is 5.82. The predicted octanol–water partition coefficient (Wildman–Crippen LogP) is 6.18. The number of carboxylic acids is 1. The van der Waals surface area contributed by atoms with Gasteiger partial charge in [0, 0.05) is 24.5 Å². The number of phenolic OH excluding ortho intramolecular Hbond substituents is 1. The maximum Gasteiger partial charge on any atom is 0.303 e. The summed E-state index contributed by atoms with van der Waals surface area (Å²) in [5, 5.41) is 19.4. The summed E-state index contributed by atoms with van der Waals surface area (Å²) in [6.07, 6.45) is 1.09. The molecule has 0 fully saturated rings. The molecule has 3 aromatic carbocycles. The number of ether oxygens (including phenoxy) is 2. The second-order valence-electron chi connectivity index (χ2n) is 7.31. The van der Waals surface area contributed by atoms with E-state index in [1.165, 1.54) is 12.1 Å². The lowest BCUT2D eigenvalue weighted by Crippen LogP contribution is -2.07. The minimum atomic E-state index is -0.840. The van der Waals surface area contributed by atoms with Gasteiger partial charge in [-0.2, -0.15) is 0 Å². The Morgan fingerprint density at radius 2 is 1.70 bits per heavy atom. The smallest absolute Gasteiger partial charge is 0.303 e. The first-order valence-corrected chi connectivity index (χ1v) is 11.8. The third-order valence-electron chi connectivity index (χ3n) is 4.90. The van der Waals surface area contributed by atoms with Gasteiger partial charge < -0.3 is 19.7 Å². The number of rotatable bonds is 12. The summed E-state index contributed by atoms with van der Waals surface area (Å²) in [5.41, 5.74) is 2.22. The Labute approximate surface area is 197 Å². The molecule has 0 aliphatic heterocycles. The number of halogens is 1. The Hall–Kier alpha value is -3.19. The van der Waals surface area contributed by atoms with Crippen molar-refractivity contribution in [2.45, 2.75) is 31.1 Å². The lowest BCUT2D eigenvalue weighted by Gasteiger charge is -2.15. The normalized spacial score (nSPS) is 10.7. The highest BCUT2D eigenvalue weighted by atomic mass is 32.2. The molecule has 0 saturated heterocycles. The number of aromatic hydroxyl groups is 1. The maximum atomic E-state index is 13.2. The van der Waals surface area contributed by atoms with E-state index < -0.39 is 5.97 Å². The van der Waals surface area contributed by atoms with Gasteiger partial charge in [0.25, 0.3) is 0 Å². The van der Waals surface area contributed by atoms with Gasteiger partial charge in [-0.25, -0.2) is 4.39 Å². The lowest BCUT2D eigenvalue weighted by molar-refractivity contribution is -0.136. The Morgan fingerprint density at radius 3 is 2.39 bits per heavy atom. The highest BCUT2D eigenvalue weighted by Crippen LogP contribution is 2.40. The molecule has 2 N–H and O–H groups in total. The third kappa shape index (κ3) is 7.15. The molecule has 0 aliphatic carbocycles. The van der Waals surface area contributed by atoms with Crippen LogP contribution < -0.4 is 9.47 Å². The topological polar surface area (TPSA) is 76.0 Å². The second-order valence-corrected chi connectivity index (χ2v) is 8.61. The van der Waals surface area contributed by atoms with Crippen molar-refractivity contribution in [3.05, 3.63) is 72.0 Å². The number of aryl methyl sites for hydroxylation is 1. The van der Waals surface area contributed by atoms with Crippen LogP contribution in [0.5, 0.6) is 17.2 Å². The first-order chi connectivity index (χ1) is 16.0. The summed E-state index contributed by atoms with van der Waals surface area (Å²) in [6.45, 7) is 2.85. The molecule has 0 amide bonds. The molecule has 0 atom stereocenters. The van der Waals surface area contributed by atoms with Crippen molar-refractivity contribution in [3.63, 3.8) is 0 Å². The van der Waals surface area contributed by atoms with Crippen LogP contribution in [0.1, 0.15) is 25.3 Å². The quantitative estimate of drug-likeness (QED) is 0.243. The molecule has 33 heavy (non-hydrogen) atoms. The molecule has 0 aromatic heterocycles. The molecule has 0 spiro atoms. The van der Waals surface area contributed by atoms with Crippen LogP contribution >= 0.6 is 11.8 Å². The molecule has 0 saturated carbocycles. The molecule has 7 heteroatoms. The number of hydrogen-bond donors (Lipinski definition) is 2. The van der Waals surface area contributed by atoms with Crippen molar-refractivity contribution in [1.82, 2.24) is 0 Å². The number of phenols is 1. The van der Waals surface area contributed by atoms with Crippen molar-refractivity contribution in [2.75, 3.05) is 19.0 Å². The van der Waals surface area contributed by atoms with E-state index in [1.54, 1.807) is 30.0 Å². The van der Waals surface area contributed by atoms with Gasteiger partial charge in [-0.05, 0) is 47.6 Å². The van der Waals surface area contributed by atoms with Crippen LogP contribution in [0, 0.1) is 5.82 Å². The molecule has 3 aromatic rings. The SMILES string of the molecule is CCSc1cc(-c2ccc(F)cc2)c(O)cc1OCCCOc1ccccc1CCC(=O)O. The van der Waals surface area contributed by atoms with Crippen LogP contribution in [0.25, 0.3) is 11.1 Å². The van der Waals surface area contributed by atoms with Crippen LogP contribution in [0.4, 0.5) is 4.39 Å². The Morgan fingerprint density at radius 1 is 1.00 bits per heavy atom. The zero-order chi connectivity index (χ0) is 23.6. The summed E-state index contributed by atoms with van der Waals surface area (Å²) in [6, 6.07) is 16.9. The summed E-state index contributed by atoms with van der Waals surface area (Å²) in [5.74, 6) is 1.01. The van der Waals surface area contributed by atoms with Crippen LogP contribution in [-0.4, -0.2) is 35.1 Å². The molecule has 0 heterocycles. The average Bonchev–Trinajstić information content (AvgIpc) is 2.80. The van der Waals surface area contributed by atoms with Crippen molar-refractivity contribution >= 4 is 17.7 Å². The highest BCUT2D eigenvalue weighted by molar-refractivity contribution is 7.99. The van der Waals surface area contributed by atoms with Gasteiger partial charge in [0.1, 0.15) is 23.1 Å². The number of carboxylic acid groups (broad SMARTS) is 1. The zero-order valence-corrected chi connectivity index (χ0v) is 19.2. The van der Waals surface area contributed by atoms with Gasteiger partial charge in [-0.3, -0.25) is 4.79 Å². The highest BCUT2D eigenvalue weighted by Gasteiger charge is 2.13. The molecule has 0 aliphatic rings. The first kappa shape index (κ1) is 24.5. The summed E-state index contributed by atoms with van der Waals surface area (Å²) in [7, 11) is 0. The molecule has 174 valence electrons. The van der Waals surface area contributed by atoms with Crippen molar-refractivity contribution in [3.8, 4) is 28.4 Å². The van der Waals surface area contributed by atoms with E-state index in [1.807, 2.05) is 37.3 Å². The van der Waals surface area contributed by atoms with Gasteiger partial charge in [-0.15, -0.1) is 11.8 Å². The largest absolute Gasteiger partial charge is 0.507 e. The lowest BCUT2D eigenvalue weighted by atomic mass is 10.0. The van der Waals surface area contributed by atoms with E-state index in [2.05, 4.69) is 0 Å². The van der Waals surface area contributed by atoms with Crippen LogP contribution in [0.3, 0.4) is 0 Å². The van der Waals surface area contributed by atoms with E-state index in [-0.39, 0.29) is 18.0 Å². The molecular weight excluding hydrogens is 443 g/mol. The fraction of sp³-hybridized carbons (Fsp3) is 0.269. The number of hydrogen-bond acceptors (Lipinski definition) is 5. The maximum absolute atomic E-state index is 13.2. The monoisotopic (exact) mass is 470 g/mol. The molecule has 3 rings (SSSR count). The first-order valence-electron chi connectivity index (χ1n) is 10.8. The Kier molecular flexibility index (Phi) is 9.01. The van der Waals surface area contributed by atoms with Gasteiger partial charge in [0.05, 0.1) is 18.1 Å². The number of para-hydroxylation sites is 1. The number of thioether (sulfide) groups is 1. The van der Waals surface area contributed by atoms with E-state index in [0.717, 1.165) is 21.8 Å². The van der Waals surface area contributed by atoms with Crippen molar-refractivity contribution in [2.24, 2.45) is 0 Å². The summed E-state index contributed by atoms with van der Waals surface area (Å²) >= 11 is 1.60. The fourth-order valence-corrected chi connectivity index (χ4v) is 4.08.